The van der Waals surface area contributed by atoms with E-state index < -0.39 is 15.9 Å². The average Bonchev–Trinajstić information content (AvgIpc) is 2.70. The Morgan fingerprint density at radius 3 is 2.32 bits per heavy atom. The summed E-state index contributed by atoms with van der Waals surface area (Å²) in [6, 6.07) is 18.4. The number of hydrogen-bond donors (Lipinski definition) is 1. The fraction of sp³-hybridized carbons (Fsp3) is 0.174. The highest BCUT2D eigenvalue weighted by Gasteiger charge is 2.27. The third-order valence-electron chi connectivity index (χ3n) is 4.69. The van der Waals surface area contributed by atoms with Crippen molar-refractivity contribution in [1.82, 2.24) is 4.31 Å². The van der Waals surface area contributed by atoms with E-state index in [4.69, 9.17) is 23.2 Å². The first-order chi connectivity index (χ1) is 14.6. The van der Waals surface area contributed by atoms with Crippen LogP contribution in [0.25, 0.3) is 0 Å². The van der Waals surface area contributed by atoms with Crippen molar-refractivity contribution in [3.63, 3.8) is 0 Å². The van der Waals surface area contributed by atoms with E-state index in [9.17, 15) is 13.2 Å². The lowest BCUT2D eigenvalue weighted by atomic mass is 10.1. The van der Waals surface area contributed by atoms with Crippen LogP contribution in [0.5, 0.6) is 0 Å². The minimum Gasteiger partial charge on any atom is -0.325 e. The number of nitrogens with zero attached hydrogens (tertiary/aromatic N) is 1. The van der Waals surface area contributed by atoms with E-state index in [-0.39, 0.29) is 18.0 Å². The van der Waals surface area contributed by atoms with E-state index >= 15 is 0 Å². The molecule has 0 spiro atoms. The van der Waals surface area contributed by atoms with Crippen molar-refractivity contribution in [2.24, 2.45) is 0 Å². The van der Waals surface area contributed by atoms with E-state index in [1.807, 2.05) is 32.0 Å². The highest BCUT2D eigenvalue weighted by Crippen LogP contribution is 2.22. The van der Waals surface area contributed by atoms with Gasteiger partial charge in [0.2, 0.25) is 15.9 Å². The number of halogens is 2. The minimum atomic E-state index is -3.96. The molecule has 0 heterocycles. The van der Waals surface area contributed by atoms with Crippen molar-refractivity contribution in [3.8, 4) is 0 Å². The molecule has 0 atom stereocenters. The van der Waals surface area contributed by atoms with Crippen molar-refractivity contribution in [3.05, 3.63) is 93.5 Å². The zero-order valence-corrected chi connectivity index (χ0v) is 19.4. The van der Waals surface area contributed by atoms with Crippen LogP contribution in [-0.4, -0.2) is 25.2 Å². The van der Waals surface area contributed by atoms with Crippen LogP contribution in [0.4, 0.5) is 5.69 Å². The SMILES string of the molecule is Cc1ccc(C)c(NC(=O)CN(Cc2cccc(Cl)c2)S(=O)(=O)c2ccc(Cl)cc2)c1. The molecular weight excluding hydrogens is 455 g/mol. The molecule has 0 aliphatic rings. The molecule has 1 N–H and O–H groups in total. The van der Waals surface area contributed by atoms with E-state index in [1.165, 1.54) is 24.3 Å². The number of rotatable bonds is 7. The van der Waals surface area contributed by atoms with E-state index in [0.29, 0.717) is 21.3 Å². The quantitative estimate of drug-likeness (QED) is 0.493. The lowest BCUT2D eigenvalue weighted by Crippen LogP contribution is -2.37. The van der Waals surface area contributed by atoms with Crippen LogP contribution in [0.2, 0.25) is 10.0 Å². The number of carbonyl (C=O) groups excluding carboxylic acids is 1. The Balaban J connectivity index is 1.90. The van der Waals surface area contributed by atoms with Crippen molar-refractivity contribution in [1.29, 1.82) is 0 Å². The molecule has 31 heavy (non-hydrogen) atoms. The Bertz CT molecular complexity index is 1200. The summed E-state index contributed by atoms with van der Waals surface area (Å²) in [5.41, 5.74) is 3.20. The second-order valence-electron chi connectivity index (χ2n) is 7.22. The number of anilines is 1. The number of benzene rings is 3. The molecule has 0 aliphatic heterocycles. The summed E-state index contributed by atoms with van der Waals surface area (Å²) in [5, 5.41) is 3.73. The molecule has 5 nitrogen and oxygen atoms in total. The highest BCUT2D eigenvalue weighted by molar-refractivity contribution is 7.89. The van der Waals surface area contributed by atoms with Crippen molar-refractivity contribution < 1.29 is 13.2 Å². The molecule has 0 bridgehead atoms. The molecule has 0 fully saturated rings. The molecule has 0 radical (unpaired) electrons. The van der Waals surface area contributed by atoms with E-state index in [2.05, 4.69) is 5.32 Å². The van der Waals surface area contributed by atoms with Gasteiger partial charge in [0, 0.05) is 22.3 Å². The van der Waals surface area contributed by atoms with Gasteiger partial charge in [0.1, 0.15) is 0 Å². The molecule has 0 aliphatic carbocycles. The Hall–Kier alpha value is -2.38. The fourth-order valence-electron chi connectivity index (χ4n) is 3.04. The van der Waals surface area contributed by atoms with Crippen LogP contribution >= 0.6 is 23.2 Å². The van der Waals surface area contributed by atoms with Gasteiger partial charge in [0.25, 0.3) is 0 Å². The Morgan fingerprint density at radius 2 is 1.65 bits per heavy atom. The van der Waals surface area contributed by atoms with Gasteiger partial charge in [0.15, 0.2) is 0 Å². The first kappa shape index (κ1) is 23.3. The number of nitrogens with one attached hydrogen (secondary N) is 1. The molecule has 0 saturated carbocycles. The van der Waals surface area contributed by atoms with Gasteiger partial charge >= 0.3 is 0 Å². The van der Waals surface area contributed by atoms with Gasteiger partial charge in [-0.1, -0.05) is 47.5 Å². The molecule has 162 valence electrons. The third-order valence-corrected chi connectivity index (χ3v) is 6.98. The number of hydrogen-bond acceptors (Lipinski definition) is 3. The summed E-state index contributed by atoms with van der Waals surface area (Å²) in [4.78, 5) is 12.9. The largest absolute Gasteiger partial charge is 0.325 e. The fourth-order valence-corrected chi connectivity index (χ4v) is 4.76. The highest BCUT2D eigenvalue weighted by atomic mass is 35.5. The number of amides is 1. The van der Waals surface area contributed by atoms with Crippen LogP contribution in [0.1, 0.15) is 16.7 Å². The summed E-state index contributed by atoms with van der Waals surface area (Å²) in [5.74, 6) is -0.437. The van der Waals surface area contributed by atoms with Gasteiger partial charge in [-0.2, -0.15) is 4.31 Å². The molecule has 8 heteroatoms. The second kappa shape index (κ2) is 9.83. The van der Waals surface area contributed by atoms with Crippen LogP contribution in [0, 0.1) is 13.8 Å². The van der Waals surface area contributed by atoms with Crippen molar-refractivity contribution in [2.45, 2.75) is 25.3 Å². The summed E-state index contributed by atoms with van der Waals surface area (Å²) in [6.45, 7) is 3.44. The zero-order chi connectivity index (χ0) is 22.6. The number of carbonyl (C=O) groups is 1. The Kier molecular flexibility index (Phi) is 7.38. The monoisotopic (exact) mass is 476 g/mol. The van der Waals surface area contributed by atoms with Gasteiger partial charge in [-0.3, -0.25) is 4.79 Å². The maximum atomic E-state index is 13.3. The topological polar surface area (TPSA) is 66.5 Å². The molecule has 1 amide bonds. The average molecular weight is 477 g/mol. The standard InChI is InChI=1S/C23H22Cl2N2O3S/c1-16-6-7-17(2)22(12-16)26-23(28)15-27(14-18-4-3-5-20(25)13-18)31(29,30)21-10-8-19(24)9-11-21/h3-13H,14-15H2,1-2H3,(H,26,28). The summed E-state index contributed by atoms with van der Waals surface area (Å²) >= 11 is 12.0. The lowest BCUT2D eigenvalue weighted by molar-refractivity contribution is -0.116. The maximum absolute atomic E-state index is 13.3. The number of aryl methyl sites for hydroxylation is 2. The van der Waals surface area contributed by atoms with Gasteiger partial charge in [-0.15, -0.1) is 0 Å². The van der Waals surface area contributed by atoms with Crippen LogP contribution < -0.4 is 5.32 Å². The lowest BCUT2D eigenvalue weighted by Gasteiger charge is -2.22. The Morgan fingerprint density at radius 1 is 0.935 bits per heavy atom. The molecule has 3 aromatic carbocycles. The van der Waals surface area contributed by atoms with Gasteiger partial charge < -0.3 is 5.32 Å². The number of sulfonamides is 1. The van der Waals surface area contributed by atoms with Crippen molar-refractivity contribution >= 4 is 44.8 Å². The van der Waals surface area contributed by atoms with Gasteiger partial charge in [-0.05, 0) is 73.0 Å². The van der Waals surface area contributed by atoms with E-state index in [1.54, 1.807) is 24.3 Å². The first-order valence-electron chi connectivity index (χ1n) is 9.52. The smallest absolute Gasteiger partial charge is 0.243 e. The predicted octanol–water partition coefficient (Wildman–Crippen LogP) is 5.44. The zero-order valence-electron chi connectivity index (χ0n) is 17.1. The molecular formula is C23H22Cl2N2O3S. The Labute approximate surface area is 192 Å². The van der Waals surface area contributed by atoms with Crippen LogP contribution in [0.3, 0.4) is 0 Å². The summed E-state index contributed by atoms with van der Waals surface area (Å²) in [6.07, 6.45) is 0. The second-order valence-corrected chi connectivity index (χ2v) is 10.0. The third kappa shape index (κ3) is 6.08. The van der Waals surface area contributed by atoms with Crippen LogP contribution in [-0.2, 0) is 21.4 Å². The predicted molar refractivity (Wildman–Crippen MR) is 125 cm³/mol. The van der Waals surface area contributed by atoms with Gasteiger partial charge in [-0.25, -0.2) is 8.42 Å². The van der Waals surface area contributed by atoms with Crippen LogP contribution in [0.15, 0.2) is 71.6 Å². The summed E-state index contributed by atoms with van der Waals surface area (Å²) < 4.78 is 27.8. The summed E-state index contributed by atoms with van der Waals surface area (Å²) in [7, 11) is -3.96. The van der Waals surface area contributed by atoms with Gasteiger partial charge in [0.05, 0.1) is 11.4 Å². The normalized spacial score (nSPS) is 11.5. The van der Waals surface area contributed by atoms with Crippen molar-refractivity contribution in [2.75, 3.05) is 11.9 Å². The molecule has 0 aromatic heterocycles. The van der Waals surface area contributed by atoms with E-state index in [0.717, 1.165) is 15.4 Å². The molecule has 3 aromatic rings. The molecule has 3 rings (SSSR count). The molecule has 0 unspecified atom stereocenters. The molecule has 0 saturated heterocycles. The maximum Gasteiger partial charge on any atom is 0.243 e. The minimum absolute atomic E-state index is 0.00820. The first-order valence-corrected chi connectivity index (χ1v) is 11.7.